The van der Waals surface area contributed by atoms with Crippen LogP contribution in [0.15, 0.2) is 29.2 Å². The first kappa shape index (κ1) is 20.1. The molecule has 2 saturated heterocycles. The maximum absolute atomic E-state index is 12.8. The molecule has 10 heteroatoms. The van der Waals surface area contributed by atoms with E-state index in [0.717, 1.165) is 0 Å². The van der Waals surface area contributed by atoms with Crippen molar-refractivity contribution in [2.45, 2.75) is 42.8 Å². The van der Waals surface area contributed by atoms with Crippen LogP contribution in [0.5, 0.6) is 0 Å². The molecule has 1 aromatic rings. The summed E-state index contributed by atoms with van der Waals surface area (Å²) >= 11 is 0. The minimum absolute atomic E-state index is 0.0971. The van der Waals surface area contributed by atoms with E-state index in [-0.39, 0.29) is 29.7 Å². The van der Waals surface area contributed by atoms with Crippen molar-refractivity contribution in [1.82, 2.24) is 14.5 Å². The number of benzene rings is 1. The predicted octanol–water partition coefficient (Wildman–Crippen LogP) is 0.347. The van der Waals surface area contributed by atoms with Gasteiger partial charge in [0.1, 0.15) is 16.6 Å². The number of likely N-dealkylation sites (tertiary alicyclic amines) is 1. The topological polar surface area (TPSA) is 108 Å². The van der Waals surface area contributed by atoms with Crippen LogP contribution in [-0.4, -0.2) is 74.6 Å². The van der Waals surface area contributed by atoms with E-state index in [1.54, 1.807) is 41.0 Å². The lowest BCUT2D eigenvalue weighted by atomic mass is 10.0. The van der Waals surface area contributed by atoms with Crippen LogP contribution < -0.4 is 10.0 Å². The standard InChI is InChI=1S/C19H26N4O5S/c1-14(18(25)22-10-12-28-13-11-22)23-9-8-19(7-6-17(23)24)20-15-4-2-3-5-16(15)29(26,27)21-19/h2-5,14,20-21H,6-13H2,1H3. The highest BCUT2D eigenvalue weighted by Crippen LogP contribution is 2.35. The molecule has 9 nitrogen and oxygen atoms in total. The zero-order valence-electron chi connectivity index (χ0n) is 16.4. The van der Waals surface area contributed by atoms with E-state index in [9.17, 15) is 18.0 Å². The number of para-hydroxylation sites is 1. The van der Waals surface area contributed by atoms with Crippen molar-refractivity contribution in [3.63, 3.8) is 0 Å². The highest BCUT2D eigenvalue weighted by molar-refractivity contribution is 7.89. The van der Waals surface area contributed by atoms with Crippen LogP contribution in [0.25, 0.3) is 0 Å². The zero-order chi connectivity index (χ0) is 20.6. The molecular weight excluding hydrogens is 396 g/mol. The lowest BCUT2D eigenvalue weighted by Crippen LogP contribution is -2.58. The van der Waals surface area contributed by atoms with Gasteiger partial charge in [0.2, 0.25) is 21.8 Å². The number of rotatable bonds is 2. The van der Waals surface area contributed by atoms with E-state index >= 15 is 0 Å². The van der Waals surface area contributed by atoms with Crippen molar-refractivity contribution in [2.24, 2.45) is 0 Å². The first-order valence-electron chi connectivity index (χ1n) is 9.89. The summed E-state index contributed by atoms with van der Waals surface area (Å²) in [5.74, 6) is -0.240. The molecule has 2 amide bonds. The van der Waals surface area contributed by atoms with E-state index in [2.05, 4.69) is 10.0 Å². The van der Waals surface area contributed by atoms with Gasteiger partial charge in [0.15, 0.2) is 0 Å². The summed E-state index contributed by atoms with van der Waals surface area (Å²) in [6, 6.07) is 6.13. The second-order valence-electron chi connectivity index (χ2n) is 7.76. The molecule has 0 bridgehead atoms. The quantitative estimate of drug-likeness (QED) is 0.712. The number of hydrogen-bond acceptors (Lipinski definition) is 6. The number of morpholine rings is 1. The van der Waals surface area contributed by atoms with E-state index in [1.165, 1.54) is 0 Å². The third-order valence-electron chi connectivity index (χ3n) is 5.89. The summed E-state index contributed by atoms with van der Waals surface area (Å²) < 4.78 is 33.5. The lowest BCUT2D eigenvalue weighted by Gasteiger charge is -2.40. The number of nitrogens with zero attached hydrogens (tertiary/aromatic N) is 2. The first-order chi connectivity index (χ1) is 13.8. The maximum atomic E-state index is 12.8. The van der Waals surface area contributed by atoms with E-state index in [1.807, 2.05) is 0 Å². The van der Waals surface area contributed by atoms with Crippen LogP contribution in [0, 0.1) is 0 Å². The highest BCUT2D eigenvalue weighted by Gasteiger charge is 2.44. The summed E-state index contributed by atoms with van der Waals surface area (Å²) in [7, 11) is -3.69. The van der Waals surface area contributed by atoms with Gasteiger partial charge in [-0.25, -0.2) is 8.42 Å². The molecule has 0 saturated carbocycles. The predicted molar refractivity (Wildman–Crippen MR) is 106 cm³/mol. The van der Waals surface area contributed by atoms with Gasteiger partial charge < -0.3 is 19.9 Å². The van der Waals surface area contributed by atoms with Gasteiger partial charge in [0, 0.05) is 32.5 Å². The fourth-order valence-electron chi connectivity index (χ4n) is 4.24. The van der Waals surface area contributed by atoms with Crippen molar-refractivity contribution in [3.8, 4) is 0 Å². The molecule has 2 atom stereocenters. The van der Waals surface area contributed by atoms with Crippen molar-refractivity contribution >= 4 is 27.5 Å². The average molecular weight is 423 g/mol. The summed E-state index contributed by atoms with van der Waals surface area (Å²) in [5, 5.41) is 3.30. The normalized spacial score (nSPS) is 27.7. The Morgan fingerprint density at radius 1 is 1.17 bits per heavy atom. The molecule has 1 spiro atoms. The molecule has 0 aromatic heterocycles. The fraction of sp³-hybridized carbons (Fsp3) is 0.579. The summed E-state index contributed by atoms with van der Waals surface area (Å²) in [6.07, 6.45) is 0.833. The van der Waals surface area contributed by atoms with Gasteiger partial charge >= 0.3 is 0 Å². The third-order valence-corrected chi connectivity index (χ3v) is 7.49. The van der Waals surface area contributed by atoms with Gasteiger partial charge in [0.25, 0.3) is 0 Å². The molecule has 158 valence electrons. The fourth-order valence-corrected chi connectivity index (χ4v) is 5.79. The second-order valence-corrected chi connectivity index (χ2v) is 9.41. The molecule has 2 unspecified atom stereocenters. The number of fused-ring (bicyclic) bond motifs is 1. The lowest BCUT2D eigenvalue weighted by molar-refractivity contribution is -0.147. The Morgan fingerprint density at radius 2 is 1.90 bits per heavy atom. The van der Waals surface area contributed by atoms with Crippen LogP contribution in [0.4, 0.5) is 5.69 Å². The van der Waals surface area contributed by atoms with Crippen molar-refractivity contribution in [3.05, 3.63) is 24.3 Å². The monoisotopic (exact) mass is 422 g/mol. The number of sulfonamides is 1. The number of anilines is 1. The average Bonchev–Trinajstić information content (AvgIpc) is 2.86. The number of carbonyl (C=O) groups is 2. The first-order valence-corrected chi connectivity index (χ1v) is 11.4. The van der Waals surface area contributed by atoms with Crippen LogP contribution in [0.3, 0.4) is 0 Å². The number of nitrogens with one attached hydrogen (secondary N) is 2. The minimum atomic E-state index is -3.69. The van der Waals surface area contributed by atoms with Crippen LogP contribution >= 0.6 is 0 Å². The van der Waals surface area contributed by atoms with E-state index < -0.39 is 21.7 Å². The van der Waals surface area contributed by atoms with Gasteiger partial charge in [-0.15, -0.1) is 0 Å². The molecule has 2 fully saturated rings. The molecule has 0 aliphatic carbocycles. The Hall–Kier alpha value is -2.17. The zero-order valence-corrected chi connectivity index (χ0v) is 17.2. The largest absolute Gasteiger partial charge is 0.378 e. The molecule has 3 heterocycles. The van der Waals surface area contributed by atoms with Crippen LogP contribution in [0.2, 0.25) is 0 Å². The number of carbonyl (C=O) groups excluding carboxylic acids is 2. The molecule has 2 N–H and O–H groups in total. The number of ether oxygens (including phenoxy) is 1. The summed E-state index contributed by atoms with van der Waals surface area (Å²) in [6.45, 7) is 4.07. The molecule has 1 aromatic carbocycles. The Kier molecular flexibility index (Phi) is 5.26. The van der Waals surface area contributed by atoms with Gasteiger partial charge in [0.05, 0.1) is 18.9 Å². The Labute approximate surface area is 170 Å². The minimum Gasteiger partial charge on any atom is -0.378 e. The smallest absolute Gasteiger partial charge is 0.245 e. The molecule has 3 aliphatic rings. The summed E-state index contributed by atoms with van der Waals surface area (Å²) in [5.41, 5.74) is -0.413. The van der Waals surface area contributed by atoms with Gasteiger partial charge in [-0.3, -0.25) is 9.59 Å². The highest BCUT2D eigenvalue weighted by atomic mass is 32.2. The third kappa shape index (κ3) is 3.84. The van der Waals surface area contributed by atoms with Crippen molar-refractivity contribution in [1.29, 1.82) is 0 Å². The summed E-state index contributed by atoms with van der Waals surface area (Å²) in [4.78, 5) is 29.1. The molecule has 0 radical (unpaired) electrons. The van der Waals surface area contributed by atoms with Crippen LogP contribution in [0.1, 0.15) is 26.2 Å². The van der Waals surface area contributed by atoms with E-state index in [0.29, 0.717) is 44.8 Å². The molecule has 29 heavy (non-hydrogen) atoms. The Balaban J connectivity index is 1.53. The van der Waals surface area contributed by atoms with Gasteiger partial charge in [-0.05, 0) is 25.5 Å². The Bertz CT molecular complexity index is 915. The second kappa shape index (κ2) is 7.58. The maximum Gasteiger partial charge on any atom is 0.245 e. The van der Waals surface area contributed by atoms with Crippen molar-refractivity contribution in [2.75, 3.05) is 38.2 Å². The van der Waals surface area contributed by atoms with Gasteiger partial charge in [-0.2, -0.15) is 4.72 Å². The number of hydrogen-bond donors (Lipinski definition) is 2. The van der Waals surface area contributed by atoms with E-state index in [4.69, 9.17) is 4.74 Å². The number of amides is 2. The molecule has 4 rings (SSSR count). The SMILES string of the molecule is CC(C(=O)N1CCOCC1)N1CCC2(CCC1=O)Nc1ccccc1S(=O)(=O)N2. The molecule has 3 aliphatic heterocycles. The van der Waals surface area contributed by atoms with Crippen LogP contribution in [-0.2, 0) is 24.3 Å². The van der Waals surface area contributed by atoms with Gasteiger partial charge in [-0.1, -0.05) is 12.1 Å². The molecular formula is C19H26N4O5S. The van der Waals surface area contributed by atoms with Crippen molar-refractivity contribution < 1.29 is 22.7 Å². The Morgan fingerprint density at radius 3 is 2.66 bits per heavy atom.